The molecule has 9 nitrogen and oxygen atoms in total. The first-order valence-corrected chi connectivity index (χ1v) is 13.5. The van der Waals surface area contributed by atoms with Crippen LogP contribution in [0.25, 0.3) is 5.65 Å². The molecule has 1 saturated heterocycles. The van der Waals surface area contributed by atoms with Gasteiger partial charge in [-0.15, -0.1) is 0 Å². The van der Waals surface area contributed by atoms with Crippen molar-refractivity contribution in [2.24, 2.45) is 0 Å². The summed E-state index contributed by atoms with van der Waals surface area (Å²) in [6, 6.07) is 4.61. The molecule has 0 spiro atoms. The molecule has 200 valence electrons. The van der Waals surface area contributed by atoms with Gasteiger partial charge in [-0.3, -0.25) is 9.20 Å². The van der Waals surface area contributed by atoms with E-state index in [4.69, 9.17) is 9.47 Å². The maximum absolute atomic E-state index is 13.0. The first-order valence-electron chi connectivity index (χ1n) is 11.7. The number of rotatable bonds is 7. The van der Waals surface area contributed by atoms with Gasteiger partial charge in [0.2, 0.25) is 0 Å². The lowest BCUT2D eigenvalue weighted by atomic mass is 9.94. The van der Waals surface area contributed by atoms with Gasteiger partial charge in [-0.1, -0.05) is 6.92 Å². The number of hydrogen-bond donors (Lipinski definition) is 1. The number of hydrogen-bond acceptors (Lipinski definition) is 7. The fraction of sp³-hybridized carbons (Fsp3) is 0.458. The Morgan fingerprint density at radius 2 is 1.95 bits per heavy atom. The molecule has 1 N–H and O–H groups in total. The van der Waals surface area contributed by atoms with Crippen molar-refractivity contribution < 1.29 is 35.9 Å². The molecule has 4 rings (SSSR count). The molecule has 0 unspecified atom stereocenters. The monoisotopic (exact) mass is 540 g/mol. The zero-order valence-corrected chi connectivity index (χ0v) is 21.4. The van der Waals surface area contributed by atoms with Crippen LogP contribution in [0.2, 0.25) is 0 Å². The summed E-state index contributed by atoms with van der Waals surface area (Å²) in [4.78, 5) is 21.5. The van der Waals surface area contributed by atoms with Crippen LogP contribution in [0.5, 0.6) is 17.4 Å². The molecule has 0 aliphatic carbocycles. The van der Waals surface area contributed by atoms with Crippen molar-refractivity contribution in [2.45, 2.75) is 51.7 Å². The lowest BCUT2D eigenvalue weighted by Gasteiger charge is -2.34. The van der Waals surface area contributed by atoms with Gasteiger partial charge in [0.25, 0.3) is 11.8 Å². The normalized spacial score (nSPS) is 16.9. The number of imidazole rings is 1. The number of carbonyl (C=O) groups excluding carboxylic acids is 1. The zero-order valence-electron chi connectivity index (χ0n) is 20.6. The van der Waals surface area contributed by atoms with Crippen LogP contribution < -0.4 is 14.8 Å². The second-order valence-electron chi connectivity index (χ2n) is 9.31. The minimum atomic E-state index is -4.52. The first-order chi connectivity index (χ1) is 17.3. The number of halogens is 3. The van der Waals surface area contributed by atoms with Crippen LogP contribution in [0.1, 0.15) is 48.4 Å². The van der Waals surface area contributed by atoms with Crippen LogP contribution in [0.4, 0.5) is 13.2 Å². The number of nitrogens with zero attached hydrogens (tertiary/aromatic N) is 3. The lowest BCUT2D eigenvalue weighted by molar-refractivity contribution is -0.153. The summed E-state index contributed by atoms with van der Waals surface area (Å²) >= 11 is 0. The van der Waals surface area contributed by atoms with Gasteiger partial charge in [-0.2, -0.15) is 13.2 Å². The quantitative estimate of drug-likeness (QED) is 0.482. The van der Waals surface area contributed by atoms with E-state index in [1.165, 1.54) is 12.3 Å². The number of aryl methyl sites for hydroxylation is 2. The van der Waals surface area contributed by atoms with E-state index in [0.29, 0.717) is 36.2 Å². The molecule has 1 aliphatic rings. The summed E-state index contributed by atoms with van der Waals surface area (Å²) < 4.78 is 74.0. The molecule has 0 aromatic carbocycles. The van der Waals surface area contributed by atoms with Crippen molar-refractivity contribution in [1.82, 2.24) is 19.7 Å². The van der Waals surface area contributed by atoms with E-state index < -0.39 is 34.1 Å². The lowest BCUT2D eigenvalue weighted by Crippen LogP contribution is -2.51. The van der Waals surface area contributed by atoms with Crippen molar-refractivity contribution in [2.75, 3.05) is 18.1 Å². The smallest absolute Gasteiger partial charge is 0.422 e. The van der Waals surface area contributed by atoms with E-state index in [0.717, 1.165) is 0 Å². The highest BCUT2D eigenvalue weighted by atomic mass is 32.2. The largest absolute Gasteiger partial charge is 0.478 e. The second-order valence-corrected chi connectivity index (χ2v) is 11.6. The molecule has 1 amide bonds. The predicted molar refractivity (Wildman–Crippen MR) is 129 cm³/mol. The molecule has 0 radical (unpaired) electrons. The van der Waals surface area contributed by atoms with Gasteiger partial charge in [0.15, 0.2) is 12.4 Å². The summed E-state index contributed by atoms with van der Waals surface area (Å²) in [6.07, 6.45) is -0.299. The molecule has 4 heterocycles. The third-order valence-electron chi connectivity index (χ3n) is 6.28. The first kappa shape index (κ1) is 26.7. The van der Waals surface area contributed by atoms with Gasteiger partial charge in [-0.25, -0.2) is 18.4 Å². The molecule has 3 aromatic heterocycles. The van der Waals surface area contributed by atoms with E-state index >= 15 is 0 Å². The summed E-state index contributed by atoms with van der Waals surface area (Å²) in [5, 5.41) is 2.92. The summed E-state index contributed by atoms with van der Waals surface area (Å²) in [5.74, 6) is -0.422. The molecular formula is C24H27F3N4O5S. The molecule has 1 aliphatic heterocycles. The number of carbonyl (C=O) groups is 1. The van der Waals surface area contributed by atoms with Crippen LogP contribution in [-0.4, -0.2) is 58.5 Å². The van der Waals surface area contributed by atoms with E-state index in [9.17, 15) is 26.4 Å². The highest BCUT2D eigenvalue weighted by molar-refractivity contribution is 7.91. The third kappa shape index (κ3) is 6.32. The van der Waals surface area contributed by atoms with Gasteiger partial charge < -0.3 is 14.8 Å². The molecule has 3 aromatic rings. The van der Waals surface area contributed by atoms with Crippen LogP contribution in [0, 0.1) is 6.92 Å². The maximum Gasteiger partial charge on any atom is 0.422 e. The molecule has 1 fully saturated rings. The summed E-state index contributed by atoms with van der Waals surface area (Å²) in [6.45, 7) is 3.86. The Kier molecular flexibility index (Phi) is 7.10. The summed E-state index contributed by atoms with van der Waals surface area (Å²) in [5.41, 5.74) is 1.15. The average molecular weight is 541 g/mol. The maximum atomic E-state index is 13.0. The van der Waals surface area contributed by atoms with Crippen molar-refractivity contribution >= 4 is 21.4 Å². The number of ether oxygens (including phenoxy) is 2. The van der Waals surface area contributed by atoms with Crippen molar-refractivity contribution in [3.63, 3.8) is 0 Å². The Morgan fingerprint density at radius 3 is 2.59 bits per heavy atom. The zero-order chi connectivity index (χ0) is 27.0. The number of amides is 1. The fourth-order valence-electron chi connectivity index (χ4n) is 3.98. The molecular weight excluding hydrogens is 513 g/mol. The topological polar surface area (TPSA) is 112 Å². The van der Waals surface area contributed by atoms with Gasteiger partial charge in [-0.05, 0) is 56.9 Å². The Morgan fingerprint density at radius 1 is 1.24 bits per heavy atom. The fourth-order valence-corrected chi connectivity index (χ4v) is 5.71. The van der Waals surface area contributed by atoms with Gasteiger partial charge in [0.05, 0.1) is 23.4 Å². The van der Waals surface area contributed by atoms with Gasteiger partial charge in [0.1, 0.15) is 26.9 Å². The van der Waals surface area contributed by atoms with Crippen LogP contribution >= 0.6 is 0 Å². The van der Waals surface area contributed by atoms with Crippen LogP contribution in [-0.2, 0) is 16.3 Å². The molecule has 0 saturated carbocycles. The number of alkyl halides is 3. The highest BCUT2D eigenvalue weighted by Gasteiger charge is 2.35. The minimum absolute atomic E-state index is 0.0105. The highest BCUT2D eigenvalue weighted by Crippen LogP contribution is 2.32. The Hall–Kier alpha value is -3.35. The minimum Gasteiger partial charge on any atom is -0.478 e. The number of pyridine rings is 2. The van der Waals surface area contributed by atoms with E-state index in [1.54, 1.807) is 29.7 Å². The van der Waals surface area contributed by atoms with E-state index in [1.807, 2.05) is 13.8 Å². The Balaban J connectivity index is 1.56. The molecule has 0 bridgehead atoms. The van der Waals surface area contributed by atoms with Crippen LogP contribution in [0.3, 0.4) is 0 Å². The van der Waals surface area contributed by atoms with Crippen LogP contribution in [0.15, 0.2) is 30.6 Å². The number of fused-ring (bicyclic) bond motifs is 1. The standard InChI is InChI=1S/C24H27F3N4O5S/c1-4-16-11-18(35-14-24(25,26)27)22(28-12-16)36-17-5-6-19-29-20(15(2)31(19)13-17)21(32)30-23(3)7-9-37(33,34)10-8-23/h5-6,11-13H,4,7-10,14H2,1-3H3,(H,30,32). The van der Waals surface area contributed by atoms with Gasteiger partial charge >= 0.3 is 6.18 Å². The average Bonchev–Trinajstić information content (AvgIpc) is 3.16. The summed E-state index contributed by atoms with van der Waals surface area (Å²) in [7, 11) is -3.09. The van der Waals surface area contributed by atoms with Crippen molar-refractivity contribution in [3.8, 4) is 17.4 Å². The molecule has 37 heavy (non-hydrogen) atoms. The SMILES string of the molecule is CCc1cnc(Oc2ccc3nc(C(=O)NC4(C)CCS(=O)(=O)CC4)c(C)n3c2)c(OCC(F)(F)F)c1. The van der Waals surface area contributed by atoms with Gasteiger partial charge in [0, 0.05) is 11.7 Å². The van der Waals surface area contributed by atoms with Crippen molar-refractivity contribution in [3.05, 3.63) is 47.5 Å². The predicted octanol–water partition coefficient (Wildman–Crippen LogP) is 4.03. The van der Waals surface area contributed by atoms with Crippen molar-refractivity contribution in [1.29, 1.82) is 0 Å². The number of aromatic nitrogens is 3. The third-order valence-corrected chi connectivity index (χ3v) is 7.93. The molecule has 13 heteroatoms. The van der Waals surface area contributed by atoms with E-state index in [-0.39, 0.29) is 34.6 Å². The second kappa shape index (κ2) is 9.84. The molecule has 0 atom stereocenters. The van der Waals surface area contributed by atoms with E-state index in [2.05, 4.69) is 15.3 Å². The number of sulfone groups is 1. The Labute approximate surface area is 211 Å². The number of nitrogens with one attached hydrogen (secondary N) is 1. The Bertz CT molecular complexity index is 1420.